The van der Waals surface area contributed by atoms with Gasteiger partial charge in [-0.3, -0.25) is 4.90 Å². The molecule has 1 N–H and O–H groups in total. The number of ether oxygens (including phenoxy) is 3. The van der Waals surface area contributed by atoms with Crippen molar-refractivity contribution in [3.8, 4) is 17.2 Å². The van der Waals surface area contributed by atoms with E-state index in [9.17, 15) is 13.6 Å². The average Bonchev–Trinajstić information content (AvgIpc) is 3.12. The third-order valence-corrected chi connectivity index (χ3v) is 4.03. The molecular formula is C16H12F2N4O4. The van der Waals surface area contributed by atoms with Gasteiger partial charge in [0.05, 0.1) is 27.1 Å². The van der Waals surface area contributed by atoms with Crippen molar-refractivity contribution in [1.29, 1.82) is 0 Å². The summed E-state index contributed by atoms with van der Waals surface area (Å²) in [5.74, 6) is -2.41. The number of halogens is 2. The Labute approximate surface area is 145 Å². The lowest BCUT2D eigenvalue weighted by atomic mass is 10.1. The molecular weight excluding hydrogens is 350 g/mol. The van der Waals surface area contributed by atoms with Crippen LogP contribution in [-0.2, 0) is 6.54 Å². The van der Waals surface area contributed by atoms with Crippen LogP contribution >= 0.6 is 0 Å². The summed E-state index contributed by atoms with van der Waals surface area (Å²) in [7, 11) is 2.45. The predicted molar refractivity (Wildman–Crippen MR) is 85.6 cm³/mol. The van der Waals surface area contributed by atoms with Gasteiger partial charge >= 0.3 is 6.09 Å². The van der Waals surface area contributed by atoms with Crippen LogP contribution in [0.4, 0.5) is 19.3 Å². The van der Waals surface area contributed by atoms with E-state index in [4.69, 9.17) is 14.2 Å². The summed E-state index contributed by atoms with van der Waals surface area (Å²) in [5.41, 5.74) is 0.619. The lowest BCUT2D eigenvalue weighted by molar-refractivity contribution is 0.202. The van der Waals surface area contributed by atoms with Gasteiger partial charge in [0, 0.05) is 17.8 Å². The lowest BCUT2D eigenvalue weighted by Crippen LogP contribution is -2.38. The van der Waals surface area contributed by atoms with Crippen LogP contribution in [0, 0.1) is 11.6 Å². The molecule has 1 aromatic carbocycles. The Hall–Kier alpha value is -3.43. The summed E-state index contributed by atoms with van der Waals surface area (Å²) in [5, 5.41) is 0. The molecule has 1 amide bonds. The summed E-state index contributed by atoms with van der Waals surface area (Å²) in [6.07, 6.45) is 1.90. The van der Waals surface area contributed by atoms with Gasteiger partial charge in [-0.25, -0.2) is 23.5 Å². The Balaban J connectivity index is 1.86. The number of methoxy groups -OCH3 is 2. The standard InChI is InChI=1S/C16H12F2N4O4/c1-24-8-3-9(25-2)11(18)13(10(8)17)22-5-7-4-19-15-12(20-6-21-15)14(7)26-16(22)23/h3-4,6H,5H2,1-2H3,(H,19,20,21). The Kier molecular flexibility index (Phi) is 3.60. The number of carbonyl (C=O) groups excluding carboxylic acids is 1. The zero-order chi connectivity index (χ0) is 18.4. The van der Waals surface area contributed by atoms with E-state index in [1.165, 1.54) is 26.7 Å². The van der Waals surface area contributed by atoms with Crippen molar-refractivity contribution in [3.63, 3.8) is 0 Å². The van der Waals surface area contributed by atoms with Crippen molar-refractivity contribution in [2.24, 2.45) is 0 Å². The first kappa shape index (κ1) is 16.1. The highest BCUT2D eigenvalue weighted by molar-refractivity contribution is 5.95. The SMILES string of the molecule is COc1cc(OC)c(F)c(N2Cc3cnc4[nH]cnc4c3OC2=O)c1F. The monoisotopic (exact) mass is 362 g/mol. The fraction of sp³-hybridized carbons (Fsp3) is 0.188. The minimum Gasteiger partial charge on any atom is -0.493 e. The topological polar surface area (TPSA) is 89.6 Å². The van der Waals surface area contributed by atoms with Crippen molar-refractivity contribution in [2.75, 3.05) is 19.1 Å². The highest BCUT2D eigenvalue weighted by atomic mass is 19.1. The summed E-state index contributed by atoms with van der Waals surface area (Å²) < 4.78 is 44.4. The van der Waals surface area contributed by atoms with Gasteiger partial charge in [-0.15, -0.1) is 0 Å². The van der Waals surface area contributed by atoms with Crippen molar-refractivity contribution < 1.29 is 27.8 Å². The third-order valence-electron chi connectivity index (χ3n) is 4.03. The number of nitrogens with one attached hydrogen (secondary N) is 1. The molecule has 0 bridgehead atoms. The smallest absolute Gasteiger partial charge is 0.420 e. The second-order valence-electron chi connectivity index (χ2n) is 5.42. The molecule has 0 radical (unpaired) electrons. The van der Waals surface area contributed by atoms with Crippen LogP contribution < -0.4 is 19.1 Å². The van der Waals surface area contributed by atoms with Gasteiger partial charge in [-0.05, 0) is 0 Å². The zero-order valence-corrected chi connectivity index (χ0v) is 13.7. The summed E-state index contributed by atoms with van der Waals surface area (Å²) >= 11 is 0. The van der Waals surface area contributed by atoms with Gasteiger partial charge in [0.15, 0.2) is 40.0 Å². The van der Waals surface area contributed by atoms with Gasteiger partial charge in [0.1, 0.15) is 5.69 Å². The van der Waals surface area contributed by atoms with Crippen molar-refractivity contribution in [3.05, 3.63) is 35.8 Å². The maximum atomic E-state index is 14.7. The quantitative estimate of drug-likeness (QED) is 0.771. The minimum atomic E-state index is -1.04. The second kappa shape index (κ2) is 5.83. The van der Waals surface area contributed by atoms with Crippen LogP contribution in [0.25, 0.3) is 11.2 Å². The van der Waals surface area contributed by atoms with Crippen LogP contribution in [0.15, 0.2) is 18.6 Å². The molecule has 0 aliphatic carbocycles. The summed E-state index contributed by atoms with van der Waals surface area (Å²) in [6, 6.07) is 1.06. The third kappa shape index (κ3) is 2.22. The highest BCUT2D eigenvalue weighted by Gasteiger charge is 2.35. The second-order valence-corrected chi connectivity index (χ2v) is 5.42. The number of anilines is 1. The van der Waals surface area contributed by atoms with Gasteiger partial charge in [0.25, 0.3) is 0 Å². The summed E-state index contributed by atoms with van der Waals surface area (Å²) in [6.45, 7) is -0.159. The molecule has 0 saturated heterocycles. The first-order valence-corrected chi connectivity index (χ1v) is 7.45. The molecule has 3 aromatic rings. The number of benzene rings is 1. The minimum absolute atomic E-state index is 0.159. The normalized spacial score (nSPS) is 13.5. The maximum absolute atomic E-state index is 14.7. The Morgan fingerprint density at radius 1 is 1.19 bits per heavy atom. The lowest BCUT2D eigenvalue weighted by Gasteiger charge is -2.29. The number of pyridine rings is 1. The molecule has 1 aliphatic rings. The Bertz CT molecular complexity index is 1010. The molecule has 0 saturated carbocycles. The molecule has 4 rings (SSSR count). The van der Waals surface area contributed by atoms with Gasteiger partial charge in [0.2, 0.25) is 0 Å². The molecule has 0 atom stereocenters. The van der Waals surface area contributed by atoms with Crippen LogP contribution in [0.3, 0.4) is 0 Å². The van der Waals surface area contributed by atoms with Crippen molar-refractivity contribution >= 4 is 22.9 Å². The fourth-order valence-electron chi connectivity index (χ4n) is 2.79. The Morgan fingerprint density at radius 2 is 1.88 bits per heavy atom. The number of nitrogens with zero attached hydrogens (tertiary/aromatic N) is 3. The molecule has 0 fully saturated rings. The molecule has 134 valence electrons. The van der Waals surface area contributed by atoms with Crippen LogP contribution in [-0.4, -0.2) is 35.3 Å². The van der Waals surface area contributed by atoms with Crippen molar-refractivity contribution in [2.45, 2.75) is 6.54 Å². The molecule has 1 aliphatic heterocycles. The number of fused-ring (bicyclic) bond motifs is 3. The first-order valence-electron chi connectivity index (χ1n) is 7.45. The largest absolute Gasteiger partial charge is 0.493 e. The van der Waals surface area contributed by atoms with E-state index in [2.05, 4.69) is 15.0 Å². The Morgan fingerprint density at radius 3 is 2.54 bits per heavy atom. The highest BCUT2D eigenvalue weighted by Crippen LogP contribution is 2.40. The van der Waals surface area contributed by atoms with E-state index in [1.807, 2.05) is 0 Å². The molecule has 26 heavy (non-hydrogen) atoms. The number of hydrogen-bond acceptors (Lipinski definition) is 6. The van der Waals surface area contributed by atoms with E-state index >= 15 is 0 Å². The maximum Gasteiger partial charge on any atom is 0.420 e. The fourth-order valence-corrected chi connectivity index (χ4v) is 2.79. The van der Waals surface area contributed by atoms with E-state index in [0.29, 0.717) is 16.7 Å². The van der Waals surface area contributed by atoms with Crippen LogP contribution in [0.1, 0.15) is 5.56 Å². The van der Waals surface area contributed by atoms with Crippen molar-refractivity contribution in [1.82, 2.24) is 15.0 Å². The van der Waals surface area contributed by atoms with E-state index in [1.54, 1.807) is 0 Å². The predicted octanol–water partition coefficient (Wildman–Crippen LogP) is 2.77. The molecule has 3 heterocycles. The van der Waals surface area contributed by atoms with E-state index < -0.39 is 23.4 Å². The zero-order valence-electron chi connectivity index (χ0n) is 13.7. The van der Waals surface area contributed by atoms with E-state index in [-0.39, 0.29) is 23.8 Å². The number of imidazole rings is 1. The first-order chi connectivity index (χ1) is 12.5. The van der Waals surface area contributed by atoms with Gasteiger partial charge in [-0.2, -0.15) is 0 Å². The molecule has 2 aromatic heterocycles. The number of aromatic nitrogens is 3. The molecule has 10 heteroatoms. The number of rotatable bonds is 3. The van der Waals surface area contributed by atoms with Crippen LogP contribution in [0.2, 0.25) is 0 Å². The number of amides is 1. The molecule has 0 spiro atoms. The molecule has 0 unspecified atom stereocenters. The number of aromatic amines is 1. The molecule has 8 nitrogen and oxygen atoms in total. The van der Waals surface area contributed by atoms with Crippen LogP contribution in [0.5, 0.6) is 17.2 Å². The summed E-state index contributed by atoms with van der Waals surface area (Å²) in [4.78, 5) is 24.3. The number of hydrogen-bond donors (Lipinski definition) is 1. The van der Waals surface area contributed by atoms with Gasteiger partial charge in [-0.1, -0.05) is 0 Å². The van der Waals surface area contributed by atoms with E-state index in [0.717, 1.165) is 11.0 Å². The number of H-pyrrole nitrogens is 1. The number of carbonyl (C=O) groups is 1. The van der Waals surface area contributed by atoms with Gasteiger partial charge < -0.3 is 19.2 Å². The average molecular weight is 362 g/mol.